The van der Waals surface area contributed by atoms with Crippen molar-refractivity contribution in [2.45, 2.75) is 50.9 Å². The number of rotatable bonds is 4. The van der Waals surface area contributed by atoms with Gasteiger partial charge in [0.25, 0.3) is 0 Å². The van der Waals surface area contributed by atoms with Crippen LogP contribution >= 0.6 is 0 Å². The molecular weight excluding hydrogens is 232 g/mol. The van der Waals surface area contributed by atoms with Gasteiger partial charge in [-0.3, -0.25) is 4.68 Å². The standard InChI is InChI=1S/C13H22N2O3/c1-4-15-12(11(18-3)9-14-15)13(16)7-5-10(17-2)6-8-13/h9-10,16H,4-8H2,1-3H3. The highest BCUT2D eigenvalue weighted by atomic mass is 16.5. The van der Waals surface area contributed by atoms with Gasteiger partial charge in [0.1, 0.15) is 11.3 Å². The minimum Gasteiger partial charge on any atom is -0.493 e. The van der Waals surface area contributed by atoms with Crippen LogP contribution in [-0.2, 0) is 16.9 Å². The van der Waals surface area contributed by atoms with Gasteiger partial charge < -0.3 is 14.6 Å². The van der Waals surface area contributed by atoms with Crippen LogP contribution in [0.4, 0.5) is 0 Å². The van der Waals surface area contributed by atoms with Gasteiger partial charge in [-0.1, -0.05) is 0 Å². The summed E-state index contributed by atoms with van der Waals surface area (Å²) in [6, 6.07) is 0. The van der Waals surface area contributed by atoms with Crippen molar-refractivity contribution in [3.63, 3.8) is 0 Å². The Balaban J connectivity index is 2.27. The van der Waals surface area contributed by atoms with Crippen LogP contribution < -0.4 is 4.74 Å². The largest absolute Gasteiger partial charge is 0.493 e. The fraction of sp³-hybridized carbons (Fsp3) is 0.769. The number of hydrogen-bond acceptors (Lipinski definition) is 4. The summed E-state index contributed by atoms with van der Waals surface area (Å²) >= 11 is 0. The second kappa shape index (κ2) is 5.28. The quantitative estimate of drug-likeness (QED) is 0.888. The van der Waals surface area contributed by atoms with Gasteiger partial charge in [0.05, 0.1) is 19.4 Å². The molecule has 18 heavy (non-hydrogen) atoms. The third-order valence-electron chi connectivity index (χ3n) is 3.86. The van der Waals surface area contributed by atoms with Crippen LogP contribution in [0.3, 0.4) is 0 Å². The Morgan fingerprint density at radius 2 is 2.11 bits per heavy atom. The van der Waals surface area contributed by atoms with Gasteiger partial charge in [-0.05, 0) is 32.6 Å². The molecule has 1 fully saturated rings. The minimum absolute atomic E-state index is 0.259. The van der Waals surface area contributed by atoms with Crippen molar-refractivity contribution in [2.24, 2.45) is 0 Å². The van der Waals surface area contributed by atoms with Crippen molar-refractivity contribution < 1.29 is 14.6 Å². The van der Waals surface area contributed by atoms with E-state index >= 15 is 0 Å². The van der Waals surface area contributed by atoms with Gasteiger partial charge in [-0.25, -0.2) is 0 Å². The molecule has 0 radical (unpaired) electrons. The number of aryl methyl sites for hydroxylation is 1. The summed E-state index contributed by atoms with van der Waals surface area (Å²) in [5.41, 5.74) is -0.0329. The fourth-order valence-electron chi connectivity index (χ4n) is 2.77. The van der Waals surface area contributed by atoms with E-state index in [1.54, 1.807) is 20.4 Å². The molecule has 0 unspecified atom stereocenters. The number of aromatic nitrogens is 2. The number of methoxy groups -OCH3 is 2. The predicted molar refractivity (Wildman–Crippen MR) is 67.6 cm³/mol. The molecule has 102 valence electrons. The van der Waals surface area contributed by atoms with E-state index in [0.29, 0.717) is 18.6 Å². The maximum Gasteiger partial charge on any atom is 0.162 e. The molecule has 1 aliphatic carbocycles. The molecule has 0 saturated heterocycles. The van der Waals surface area contributed by atoms with Crippen LogP contribution in [0.1, 0.15) is 38.3 Å². The Bertz CT molecular complexity index is 373. The van der Waals surface area contributed by atoms with Crippen molar-refractivity contribution in [2.75, 3.05) is 14.2 Å². The molecule has 5 heteroatoms. The molecule has 1 aromatic heterocycles. The molecule has 1 heterocycles. The zero-order chi connectivity index (χ0) is 13.2. The number of ether oxygens (including phenoxy) is 2. The molecule has 0 bridgehead atoms. The van der Waals surface area contributed by atoms with Crippen molar-refractivity contribution in [3.8, 4) is 5.75 Å². The average molecular weight is 254 g/mol. The average Bonchev–Trinajstić information content (AvgIpc) is 2.83. The van der Waals surface area contributed by atoms with Gasteiger partial charge in [0.2, 0.25) is 0 Å². The summed E-state index contributed by atoms with van der Waals surface area (Å²) in [6.45, 7) is 2.74. The molecule has 2 rings (SSSR count). The lowest BCUT2D eigenvalue weighted by atomic mass is 9.80. The molecular formula is C13H22N2O3. The molecule has 0 atom stereocenters. The topological polar surface area (TPSA) is 56.5 Å². The summed E-state index contributed by atoms with van der Waals surface area (Å²) in [7, 11) is 3.34. The normalized spacial score (nSPS) is 28.3. The van der Waals surface area contributed by atoms with Crippen LogP contribution in [0, 0.1) is 0 Å². The maximum absolute atomic E-state index is 10.9. The van der Waals surface area contributed by atoms with E-state index in [1.165, 1.54) is 0 Å². The predicted octanol–water partition coefficient (Wildman–Crippen LogP) is 1.69. The molecule has 0 aliphatic heterocycles. The van der Waals surface area contributed by atoms with Crippen LogP contribution in [0.15, 0.2) is 6.20 Å². The van der Waals surface area contributed by atoms with E-state index < -0.39 is 5.60 Å². The monoisotopic (exact) mass is 254 g/mol. The Kier molecular flexibility index (Phi) is 3.92. The zero-order valence-electron chi connectivity index (χ0n) is 11.3. The van der Waals surface area contributed by atoms with Crippen LogP contribution in [0.2, 0.25) is 0 Å². The fourth-order valence-corrected chi connectivity index (χ4v) is 2.77. The minimum atomic E-state index is -0.840. The SMILES string of the molecule is CCn1ncc(OC)c1C1(O)CCC(OC)CC1. The highest BCUT2D eigenvalue weighted by Gasteiger charge is 2.39. The van der Waals surface area contributed by atoms with Gasteiger partial charge >= 0.3 is 0 Å². The zero-order valence-corrected chi connectivity index (χ0v) is 11.3. The van der Waals surface area contributed by atoms with E-state index in [0.717, 1.165) is 25.1 Å². The van der Waals surface area contributed by atoms with E-state index in [1.807, 2.05) is 11.6 Å². The van der Waals surface area contributed by atoms with Crippen LogP contribution in [-0.4, -0.2) is 35.2 Å². The number of hydrogen-bond donors (Lipinski definition) is 1. The van der Waals surface area contributed by atoms with E-state index in [9.17, 15) is 5.11 Å². The van der Waals surface area contributed by atoms with E-state index in [4.69, 9.17) is 9.47 Å². The Morgan fingerprint density at radius 3 is 2.61 bits per heavy atom. The highest BCUT2D eigenvalue weighted by Crippen LogP contribution is 2.41. The van der Waals surface area contributed by atoms with E-state index in [2.05, 4.69) is 5.10 Å². The first-order valence-corrected chi connectivity index (χ1v) is 6.50. The maximum atomic E-state index is 10.9. The smallest absolute Gasteiger partial charge is 0.162 e. The number of aliphatic hydroxyl groups is 1. The molecule has 0 amide bonds. The molecule has 5 nitrogen and oxygen atoms in total. The van der Waals surface area contributed by atoms with E-state index in [-0.39, 0.29) is 6.10 Å². The van der Waals surface area contributed by atoms with Crippen molar-refractivity contribution in [1.82, 2.24) is 9.78 Å². The third-order valence-corrected chi connectivity index (χ3v) is 3.86. The van der Waals surface area contributed by atoms with Crippen molar-refractivity contribution >= 4 is 0 Å². The summed E-state index contributed by atoms with van der Waals surface area (Å²) in [5, 5.41) is 15.1. The van der Waals surface area contributed by atoms with Crippen molar-refractivity contribution in [3.05, 3.63) is 11.9 Å². The summed E-state index contributed by atoms with van der Waals surface area (Å²) in [5.74, 6) is 0.676. The second-order valence-electron chi connectivity index (χ2n) is 4.84. The van der Waals surface area contributed by atoms with Gasteiger partial charge in [-0.15, -0.1) is 0 Å². The lowest BCUT2D eigenvalue weighted by molar-refractivity contribution is -0.0537. The highest BCUT2D eigenvalue weighted by molar-refractivity contribution is 5.31. The summed E-state index contributed by atoms with van der Waals surface area (Å²) < 4.78 is 12.5. The van der Waals surface area contributed by atoms with Crippen LogP contribution in [0.25, 0.3) is 0 Å². The third kappa shape index (κ3) is 2.24. The molecule has 1 aromatic rings. The Hall–Kier alpha value is -1.07. The molecule has 0 aromatic carbocycles. The van der Waals surface area contributed by atoms with Gasteiger partial charge in [0.15, 0.2) is 5.75 Å². The molecule has 0 spiro atoms. The first-order chi connectivity index (χ1) is 8.64. The molecule has 1 N–H and O–H groups in total. The van der Waals surface area contributed by atoms with Crippen LogP contribution in [0.5, 0.6) is 5.75 Å². The molecule has 1 aliphatic rings. The second-order valence-corrected chi connectivity index (χ2v) is 4.84. The number of nitrogens with zero attached hydrogens (tertiary/aromatic N) is 2. The lowest BCUT2D eigenvalue weighted by Gasteiger charge is -2.36. The van der Waals surface area contributed by atoms with Crippen molar-refractivity contribution in [1.29, 1.82) is 0 Å². The summed E-state index contributed by atoms with van der Waals surface area (Å²) in [6.07, 6.45) is 5.05. The van der Waals surface area contributed by atoms with Gasteiger partial charge in [0, 0.05) is 13.7 Å². The Morgan fingerprint density at radius 1 is 1.44 bits per heavy atom. The first kappa shape index (κ1) is 13.4. The van der Waals surface area contributed by atoms with Gasteiger partial charge in [-0.2, -0.15) is 5.10 Å². The first-order valence-electron chi connectivity index (χ1n) is 6.50. The Labute approximate surface area is 108 Å². The lowest BCUT2D eigenvalue weighted by Crippen LogP contribution is -2.36. The summed E-state index contributed by atoms with van der Waals surface area (Å²) in [4.78, 5) is 0. The molecule has 1 saturated carbocycles.